The first-order valence-electron chi connectivity index (χ1n) is 4.97. The van der Waals surface area contributed by atoms with Gasteiger partial charge in [0.05, 0.1) is 0 Å². The molecule has 0 rings (SSSR count). The van der Waals surface area contributed by atoms with Crippen molar-refractivity contribution in [3.05, 3.63) is 0 Å². The highest BCUT2D eigenvalue weighted by Gasteiger charge is 2.37. The van der Waals surface area contributed by atoms with Crippen LogP contribution in [0.25, 0.3) is 0 Å². The van der Waals surface area contributed by atoms with Crippen molar-refractivity contribution in [3.8, 4) is 11.5 Å². The summed E-state index contributed by atoms with van der Waals surface area (Å²) in [6.45, 7) is 6.77. The van der Waals surface area contributed by atoms with Crippen LogP contribution in [-0.2, 0) is 9.59 Å². The highest BCUT2D eigenvalue weighted by Crippen LogP contribution is 2.04. The molecule has 0 radical (unpaired) electrons. The monoisotopic (exact) mass is 210 g/mol. The van der Waals surface area contributed by atoms with Crippen molar-refractivity contribution >= 4 is 18.9 Å². The Kier molecular flexibility index (Phi) is 5.40. The first-order valence-corrected chi connectivity index (χ1v) is 7.47. The normalized spacial score (nSPS) is 10.3. The summed E-state index contributed by atoms with van der Waals surface area (Å²) >= 11 is 0. The topological polar surface area (TPSA) is 34.1 Å². The third-order valence-corrected chi connectivity index (χ3v) is 5.90. The minimum atomic E-state index is -2.59. The van der Waals surface area contributed by atoms with E-state index in [2.05, 4.69) is 18.4 Å². The number of hydrogen-bond donors (Lipinski definition) is 0. The molecule has 0 aliphatic rings. The van der Waals surface area contributed by atoms with Crippen molar-refractivity contribution in [3.63, 3.8) is 0 Å². The van der Waals surface area contributed by atoms with Gasteiger partial charge >= 0.3 is 0 Å². The lowest BCUT2D eigenvalue weighted by atomic mass is 10.3. The van der Waals surface area contributed by atoms with Gasteiger partial charge in [-0.05, 0) is 26.8 Å². The zero-order valence-electron chi connectivity index (χ0n) is 9.44. The standard InChI is InChI=1S/C11H18O2Si/c1-5-6-7-8-9-14(4,10(2)12)11(3)13/h5-7H2,1-4H3. The Balaban J connectivity index is 4.59. The molecule has 78 valence electrons. The lowest BCUT2D eigenvalue weighted by molar-refractivity contribution is -0.114. The molecule has 0 aromatic heterocycles. The van der Waals surface area contributed by atoms with Crippen molar-refractivity contribution in [2.24, 2.45) is 0 Å². The molecule has 0 aliphatic carbocycles. The Morgan fingerprint density at radius 2 is 1.71 bits per heavy atom. The van der Waals surface area contributed by atoms with E-state index >= 15 is 0 Å². The second kappa shape index (κ2) is 5.76. The summed E-state index contributed by atoms with van der Waals surface area (Å²) < 4.78 is 0. The summed E-state index contributed by atoms with van der Waals surface area (Å²) in [5.74, 6) is 2.96. The van der Waals surface area contributed by atoms with E-state index in [0.29, 0.717) is 0 Å². The number of carbonyl (C=O) groups is 2. The molecule has 0 fully saturated rings. The smallest absolute Gasteiger partial charge is 0.279 e. The first kappa shape index (κ1) is 13.1. The van der Waals surface area contributed by atoms with Gasteiger partial charge in [-0.25, -0.2) is 0 Å². The van der Waals surface area contributed by atoms with Gasteiger partial charge in [0, 0.05) is 6.42 Å². The summed E-state index contributed by atoms with van der Waals surface area (Å²) in [6.07, 6.45) is 2.92. The van der Waals surface area contributed by atoms with Crippen molar-refractivity contribution in [1.29, 1.82) is 0 Å². The lowest BCUT2D eigenvalue weighted by Gasteiger charge is -2.11. The molecule has 14 heavy (non-hydrogen) atoms. The van der Waals surface area contributed by atoms with Crippen LogP contribution >= 0.6 is 0 Å². The molecule has 0 spiro atoms. The van der Waals surface area contributed by atoms with Gasteiger partial charge in [-0.15, -0.1) is 11.5 Å². The van der Waals surface area contributed by atoms with Crippen LogP contribution in [0.3, 0.4) is 0 Å². The minimum absolute atomic E-state index is 0.0333. The first-order chi connectivity index (χ1) is 6.45. The maximum absolute atomic E-state index is 11.3. The predicted molar refractivity (Wildman–Crippen MR) is 60.3 cm³/mol. The molecule has 0 saturated heterocycles. The van der Waals surface area contributed by atoms with Gasteiger partial charge in [-0.2, -0.15) is 0 Å². The van der Waals surface area contributed by atoms with E-state index < -0.39 is 8.07 Å². The van der Waals surface area contributed by atoms with Gasteiger partial charge in [-0.1, -0.05) is 13.3 Å². The Morgan fingerprint density at radius 1 is 1.21 bits per heavy atom. The van der Waals surface area contributed by atoms with E-state index in [-0.39, 0.29) is 10.8 Å². The van der Waals surface area contributed by atoms with Crippen LogP contribution in [-0.4, -0.2) is 18.9 Å². The van der Waals surface area contributed by atoms with Crippen molar-refractivity contribution in [2.75, 3.05) is 0 Å². The summed E-state index contributed by atoms with van der Waals surface area (Å²) in [6, 6.07) is 0. The molecule has 2 nitrogen and oxygen atoms in total. The van der Waals surface area contributed by atoms with Gasteiger partial charge in [0.25, 0.3) is 8.07 Å². The molecule has 3 heteroatoms. The van der Waals surface area contributed by atoms with Crippen molar-refractivity contribution < 1.29 is 9.59 Å². The molecule has 0 N–H and O–H groups in total. The van der Waals surface area contributed by atoms with Gasteiger partial charge < -0.3 is 9.59 Å². The summed E-state index contributed by atoms with van der Waals surface area (Å²) in [5, 5.41) is -0.0667. The second-order valence-corrected chi connectivity index (χ2v) is 7.55. The molecule has 0 atom stereocenters. The van der Waals surface area contributed by atoms with Gasteiger partial charge in [0.1, 0.15) is 10.8 Å². The van der Waals surface area contributed by atoms with Crippen LogP contribution in [0.2, 0.25) is 6.55 Å². The third-order valence-electron chi connectivity index (χ3n) is 2.40. The number of unbranched alkanes of at least 4 members (excludes halogenated alkanes) is 2. The van der Waals surface area contributed by atoms with Crippen molar-refractivity contribution in [2.45, 2.75) is 46.6 Å². The number of rotatable bonds is 4. The average molecular weight is 210 g/mol. The van der Waals surface area contributed by atoms with E-state index in [4.69, 9.17) is 0 Å². The largest absolute Gasteiger partial charge is 0.304 e. The van der Waals surface area contributed by atoms with E-state index in [9.17, 15) is 9.59 Å². The maximum Gasteiger partial charge on any atom is 0.279 e. The van der Waals surface area contributed by atoms with Crippen molar-refractivity contribution in [1.82, 2.24) is 0 Å². The van der Waals surface area contributed by atoms with E-state index in [1.54, 1.807) is 6.55 Å². The molecular weight excluding hydrogens is 192 g/mol. The summed E-state index contributed by atoms with van der Waals surface area (Å²) in [5.41, 5.74) is 2.92. The lowest BCUT2D eigenvalue weighted by Crippen LogP contribution is -2.46. The van der Waals surface area contributed by atoms with Crippen LogP contribution in [0, 0.1) is 11.5 Å². The van der Waals surface area contributed by atoms with Crippen LogP contribution in [0.1, 0.15) is 40.0 Å². The SMILES string of the molecule is CCCCC#C[Si](C)(C(C)=O)C(C)=O. The van der Waals surface area contributed by atoms with Crippen LogP contribution in [0.15, 0.2) is 0 Å². The fourth-order valence-corrected chi connectivity index (χ4v) is 2.25. The molecular formula is C11H18O2Si. The van der Waals surface area contributed by atoms with Gasteiger partial charge in [0.15, 0.2) is 0 Å². The van der Waals surface area contributed by atoms with Gasteiger partial charge in [-0.3, -0.25) is 0 Å². The zero-order chi connectivity index (χ0) is 11.2. The molecule has 0 aromatic carbocycles. The highest BCUT2D eigenvalue weighted by molar-refractivity contribution is 7.28. The van der Waals surface area contributed by atoms with Crippen LogP contribution in [0.5, 0.6) is 0 Å². The van der Waals surface area contributed by atoms with E-state index in [1.165, 1.54) is 13.8 Å². The molecule has 0 saturated carbocycles. The number of hydrogen-bond acceptors (Lipinski definition) is 2. The molecule has 0 aliphatic heterocycles. The quantitative estimate of drug-likeness (QED) is 0.404. The summed E-state index contributed by atoms with van der Waals surface area (Å²) in [7, 11) is -2.59. The molecule has 0 aromatic rings. The molecule has 0 unspecified atom stereocenters. The maximum atomic E-state index is 11.3. The Labute approximate surface area is 87.1 Å². The molecule has 0 bridgehead atoms. The van der Waals surface area contributed by atoms with Crippen LogP contribution in [0.4, 0.5) is 0 Å². The Hall–Kier alpha value is -0.883. The third kappa shape index (κ3) is 3.47. The Bertz CT molecular complexity index is 269. The van der Waals surface area contributed by atoms with Gasteiger partial charge in [0.2, 0.25) is 0 Å². The van der Waals surface area contributed by atoms with E-state index in [1.807, 2.05) is 0 Å². The molecule has 0 amide bonds. The Morgan fingerprint density at radius 3 is 2.07 bits per heavy atom. The fraction of sp³-hybridized carbons (Fsp3) is 0.636. The zero-order valence-corrected chi connectivity index (χ0v) is 10.4. The van der Waals surface area contributed by atoms with E-state index in [0.717, 1.165) is 19.3 Å². The van der Waals surface area contributed by atoms with Crippen LogP contribution < -0.4 is 0 Å². The average Bonchev–Trinajstić information content (AvgIpc) is 2.11. The summed E-state index contributed by atoms with van der Waals surface area (Å²) in [4.78, 5) is 22.6. The minimum Gasteiger partial charge on any atom is -0.304 e. The molecule has 0 heterocycles. The predicted octanol–water partition coefficient (Wildman–Crippen LogP) is 2.05. The second-order valence-electron chi connectivity index (χ2n) is 3.64. The number of carbonyl (C=O) groups excluding carboxylic acids is 2. The highest BCUT2D eigenvalue weighted by atomic mass is 28.3. The fourth-order valence-electron chi connectivity index (χ4n) is 0.928.